The first-order valence-electron chi connectivity index (χ1n) is 21.4. The average molecular weight is 827 g/mol. The van der Waals surface area contributed by atoms with Gasteiger partial charge in [0.25, 0.3) is 10.1 Å². The summed E-state index contributed by atoms with van der Waals surface area (Å²) in [4.78, 5) is 0. The van der Waals surface area contributed by atoms with Crippen LogP contribution in [0, 0.1) is 0 Å². The minimum atomic E-state index is -4.05. The largest absolute Gasteiger partial charge is 0.390 e. The van der Waals surface area contributed by atoms with Crippen molar-refractivity contribution in [3.63, 3.8) is 0 Å². The molecular weight excluding hydrogens is 761 g/mol. The number of unbranched alkanes of at least 4 members (excludes halogenated alkanes) is 11. The zero-order chi connectivity index (χ0) is 41.0. The highest BCUT2D eigenvalue weighted by molar-refractivity contribution is 7.86. The van der Waals surface area contributed by atoms with Crippen molar-refractivity contribution < 1.29 is 51.2 Å². The Labute approximate surface area is 346 Å². The number of fused-ring (bicyclic) bond motifs is 1. The Morgan fingerprint density at radius 1 is 0.672 bits per heavy atom. The van der Waals surface area contributed by atoms with Gasteiger partial charge in [0.05, 0.1) is 38.8 Å². The minimum absolute atomic E-state index is 0.157. The van der Waals surface area contributed by atoms with Crippen molar-refractivity contribution in [1.29, 1.82) is 0 Å². The molecule has 0 aromatic heterocycles. The maximum Gasteiger partial charge on any atom is 0.264 e. The molecule has 2 saturated heterocycles. The third kappa shape index (κ3) is 15.7. The van der Waals surface area contributed by atoms with E-state index in [4.69, 9.17) is 32.6 Å². The van der Waals surface area contributed by atoms with Gasteiger partial charge in [0, 0.05) is 5.56 Å². The quantitative estimate of drug-likeness (QED) is 0.0569. The van der Waals surface area contributed by atoms with Gasteiger partial charge < -0.3 is 38.6 Å². The van der Waals surface area contributed by atoms with E-state index >= 15 is 0 Å². The molecule has 2 heterocycles. The smallest absolute Gasteiger partial charge is 0.264 e. The molecule has 0 spiro atoms. The van der Waals surface area contributed by atoms with Crippen molar-refractivity contribution in [3.05, 3.63) is 108 Å². The molecule has 9 atom stereocenters. The van der Waals surface area contributed by atoms with Crippen LogP contribution in [0.1, 0.15) is 113 Å². The Bertz CT molecular complexity index is 1630. The fourth-order valence-electron chi connectivity index (χ4n) is 7.57. The molecular formula is C46H66O11S. The number of benzene rings is 3. The summed E-state index contributed by atoms with van der Waals surface area (Å²) in [7, 11) is -4.05. The van der Waals surface area contributed by atoms with Gasteiger partial charge in [0.2, 0.25) is 0 Å². The molecule has 0 aliphatic carbocycles. The van der Waals surface area contributed by atoms with E-state index in [0.717, 1.165) is 42.2 Å². The third-order valence-electron chi connectivity index (χ3n) is 10.8. The summed E-state index contributed by atoms with van der Waals surface area (Å²) in [6, 6.07) is 29.1. The van der Waals surface area contributed by atoms with Crippen molar-refractivity contribution in [1.82, 2.24) is 0 Å². The molecule has 0 amide bonds. The summed E-state index contributed by atoms with van der Waals surface area (Å²) >= 11 is 0. The van der Waals surface area contributed by atoms with Gasteiger partial charge >= 0.3 is 0 Å². The standard InChI is InChI=1S/C46H66O11S/c1-3-4-5-6-7-8-9-10-11-12-13-23-30-38(47)41(48)39(57-58(2,49)50)33-54-46-44(52-32-36-26-19-15-20-27-36)43(51-31-35-24-17-14-18-25-35)42-40(55-46)34-53-45(56-42)37-28-21-16-22-29-37/h14-22,24-29,38-48H,3-13,23,30-34H2,1-2H3/t38-,39-,40-,41-,42+,43+,44-,45+,46+/m1/s1. The molecule has 0 unspecified atom stereocenters. The maximum atomic E-state index is 12.4. The van der Waals surface area contributed by atoms with E-state index in [2.05, 4.69) is 6.92 Å². The maximum absolute atomic E-state index is 12.4. The first-order valence-corrected chi connectivity index (χ1v) is 23.2. The van der Waals surface area contributed by atoms with Crippen molar-refractivity contribution in [2.45, 2.75) is 159 Å². The van der Waals surface area contributed by atoms with Crippen LogP contribution in [-0.2, 0) is 55.9 Å². The Morgan fingerprint density at radius 3 is 1.74 bits per heavy atom. The second-order valence-electron chi connectivity index (χ2n) is 15.6. The molecule has 2 fully saturated rings. The predicted octanol–water partition coefficient (Wildman–Crippen LogP) is 8.17. The Hall–Kier alpha value is -2.75. The van der Waals surface area contributed by atoms with E-state index in [1.54, 1.807) is 0 Å². The van der Waals surface area contributed by atoms with E-state index in [0.29, 0.717) is 12.8 Å². The first kappa shape index (κ1) is 46.3. The van der Waals surface area contributed by atoms with Crippen LogP contribution in [0.15, 0.2) is 91.0 Å². The van der Waals surface area contributed by atoms with Crippen LogP contribution in [0.4, 0.5) is 0 Å². The van der Waals surface area contributed by atoms with Gasteiger partial charge in [-0.2, -0.15) is 8.42 Å². The summed E-state index contributed by atoms with van der Waals surface area (Å²) < 4.78 is 69.0. The van der Waals surface area contributed by atoms with E-state index in [9.17, 15) is 18.6 Å². The SMILES string of the molecule is CCCCCCCCCCCCCC[C@@H](O)[C@@H](O)[C@@H](CO[C@H]1O[C@@H]2CO[C@H](c3ccccc3)O[C@@H]2[C@H](OCc2ccccc2)[C@H]1OCc1ccccc1)OS(C)(=O)=O. The van der Waals surface area contributed by atoms with Gasteiger partial charge in [-0.05, 0) is 17.5 Å². The molecule has 2 aliphatic heterocycles. The molecule has 58 heavy (non-hydrogen) atoms. The lowest BCUT2D eigenvalue weighted by atomic mass is 9.96. The molecule has 11 nitrogen and oxygen atoms in total. The molecule has 3 aromatic carbocycles. The second-order valence-corrected chi connectivity index (χ2v) is 17.3. The van der Waals surface area contributed by atoms with Crippen LogP contribution in [0.25, 0.3) is 0 Å². The van der Waals surface area contributed by atoms with Gasteiger partial charge in [-0.15, -0.1) is 0 Å². The molecule has 5 rings (SSSR count). The summed E-state index contributed by atoms with van der Waals surface area (Å²) in [5, 5.41) is 22.3. The monoisotopic (exact) mass is 826 g/mol. The second kappa shape index (κ2) is 25.1. The predicted molar refractivity (Wildman–Crippen MR) is 222 cm³/mol. The lowest BCUT2D eigenvalue weighted by molar-refractivity contribution is -0.374. The van der Waals surface area contributed by atoms with E-state index < -0.39 is 72.0 Å². The van der Waals surface area contributed by atoms with Crippen LogP contribution >= 0.6 is 0 Å². The fourth-order valence-corrected chi connectivity index (χ4v) is 8.19. The number of rotatable bonds is 27. The van der Waals surface area contributed by atoms with Crippen LogP contribution in [0.2, 0.25) is 0 Å². The molecule has 322 valence electrons. The minimum Gasteiger partial charge on any atom is -0.390 e. The highest BCUT2D eigenvalue weighted by atomic mass is 32.2. The van der Waals surface area contributed by atoms with Crippen LogP contribution in [0.3, 0.4) is 0 Å². The van der Waals surface area contributed by atoms with Gasteiger partial charge in [-0.25, -0.2) is 0 Å². The third-order valence-corrected chi connectivity index (χ3v) is 11.4. The molecule has 2 N–H and O–H groups in total. The molecule has 0 radical (unpaired) electrons. The van der Waals surface area contributed by atoms with Gasteiger partial charge in [-0.1, -0.05) is 175 Å². The number of aliphatic hydroxyl groups excluding tert-OH is 2. The van der Waals surface area contributed by atoms with Crippen LogP contribution < -0.4 is 0 Å². The summed E-state index contributed by atoms with van der Waals surface area (Å²) in [6.45, 7) is 2.41. The molecule has 0 bridgehead atoms. The lowest BCUT2D eigenvalue weighted by Gasteiger charge is -2.49. The molecule has 0 saturated carbocycles. The topological polar surface area (TPSA) is 139 Å². The highest BCUT2D eigenvalue weighted by Gasteiger charge is 2.52. The summed E-state index contributed by atoms with van der Waals surface area (Å²) in [5.74, 6) is 0. The van der Waals surface area contributed by atoms with E-state index in [-0.39, 0.29) is 19.8 Å². The Kier molecular flexibility index (Phi) is 20.1. The van der Waals surface area contributed by atoms with Crippen LogP contribution in [0.5, 0.6) is 0 Å². The van der Waals surface area contributed by atoms with Crippen molar-refractivity contribution in [3.8, 4) is 0 Å². The van der Waals surface area contributed by atoms with Gasteiger partial charge in [0.1, 0.15) is 36.6 Å². The first-order chi connectivity index (χ1) is 28.2. The Morgan fingerprint density at radius 2 is 1.19 bits per heavy atom. The van der Waals surface area contributed by atoms with Gasteiger partial charge in [-0.3, -0.25) is 4.18 Å². The zero-order valence-electron chi connectivity index (χ0n) is 34.4. The fraction of sp³-hybridized carbons (Fsp3) is 0.609. The van der Waals surface area contributed by atoms with Crippen molar-refractivity contribution >= 4 is 10.1 Å². The number of hydrogen-bond donors (Lipinski definition) is 2. The highest BCUT2D eigenvalue weighted by Crippen LogP contribution is 2.37. The van der Waals surface area contributed by atoms with E-state index in [1.165, 1.54) is 51.4 Å². The normalized spacial score (nSPS) is 23.9. The van der Waals surface area contributed by atoms with Crippen molar-refractivity contribution in [2.75, 3.05) is 19.5 Å². The summed E-state index contributed by atoms with van der Waals surface area (Å²) in [5.41, 5.74) is 2.71. The molecule has 2 aliphatic rings. The molecule has 3 aromatic rings. The number of hydrogen-bond acceptors (Lipinski definition) is 11. The Balaban J connectivity index is 1.25. The van der Waals surface area contributed by atoms with Gasteiger partial charge in [0.15, 0.2) is 12.6 Å². The zero-order valence-corrected chi connectivity index (χ0v) is 35.2. The number of aliphatic hydroxyl groups is 2. The number of ether oxygens (including phenoxy) is 6. The van der Waals surface area contributed by atoms with Crippen LogP contribution in [-0.4, -0.2) is 87.1 Å². The lowest BCUT2D eigenvalue weighted by Crippen LogP contribution is -2.64. The van der Waals surface area contributed by atoms with E-state index in [1.807, 2.05) is 91.0 Å². The molecule has 12 heteroatoms. The summed E-state index contributed by atoms with van der Waals surface area (Å²) in [6.07, 6.45) is 6.42. The average Bonchev–Trinajstić information content (AvgIpc) is 3.24. The van der Waals surface area contributed by atoms with Crippen molar-refractivity contribution in [2.24, 2.45) is 0 Å².